The van der Waals surface area contributed by atoms with Gasteiger partial charge in [0.1, 0.15) is 23.3 Å². The standard InChI is InChI=1S/C46H58N4O2/c1-6-11-15-22-30-49(31-23-16-12-7-2)45-39(34-47)41-37(10-5)43-42(38(44(41)52-45)29-28-36-26-20-19-21-27-36)40(35-48)46(51-43)50(32-24-17-13-8-3)33-25-18-14-9-4/h5,19-21,26-27H,6-9,11-18,22-25,30-33H2,1-4H3. The van der Waals surface area contributed by atoms with E-state index in [0.29, 0.717) is 56.0 Å². The third kappa shape index (κ3) is 9.96. The molecule has 0 saturated carbocycles. The molecule has 0 amide bonds. The van der Waals surface area contributed by atoms with Gasteiger partial charge in [-0.25, -0.2) is 0 Å². The van der Waals surface area contributed by atoms with Crippen molar-refractivity contribution < 1.29 is 8.83 Å². The molecule has 52 heavy (non-hydrogen) atoms. The van der Waals surface area contributed by atoms with E-state index in [9.17, 15) is 10.5 Å². The Hall–Kier alpha value is -4.78. The van der Waals surface area contributed by atoms with Gasteiger partial charge in [0.15, 0.2) is 11.2 Å². The first-order valence-corrected chi connectivity index (χ1v) is 20.0. The fourth-order valence-corrected chi connectivity index (χ4v) is 7.01. The fourth-order valence-electron chi connectivity index (χ4n) is 7.01. The van der Waals surface area contributed by atoms with Crippen LogP contribution in [-0.4, -0.2) is 26.2 Å². The zero-order valence-corrected chi connectivity index (χ0v) is 32.2. The van der Waals surface area contributed by atoms with Crippen LogP contribution in [0.3, 0.4) is 0 Å². The molecule has 0 bridgehead atoms. The molecule has 2 heterocycles. The number of nitriles is 2. The van der Waals surface area contributed by atoms with E-state index in [-0.39, 0.29) is 0 Å². The Morgan fingerprint density at radius 1 is 0.519 bits per heavy atom. The summed E-state index contributed by atoms with van der Waals surface area (Å²) in [5.74, 6) is 10.7. The summed E-state index contributed by atoms with van der Waals surface area (Å²) in [6.07, 6.45) is 24.1. The highest BCUT2D eigenvalue weighted by Crippen LogP contribution is 2.45. The molecule has 0 spiro atoms. The largest absolute Gasteiger partial charge is 0.438 e. The molecule has 0 aliphatic heterocycles. The Bertz CT molecular complexity index is 1850. The molecule has 0 aliphatic rings. The first-order valence-electron chi connectivity index (χ1n) is 20.0. The molecule has 0 radical (unpaired) electrons. The number of fused-ring (bicyclic) bond motifs is 2. The SMILES string of the molecule is C#Cc1c2oc(N(CCCCCC)CCCCCC)c(C#N)c2c(C#Cc2ccccc2)c2oc(N(CCCCCC)CCCCCC)c(C#N)c12. The van der Waals surface area contributed by atoms with Crippen LogP contribution >= 0.6 is 0 Å². The van der Waals surface area contributed by atoms with E-state index in [1.165, 1.54) is 25.7 Å². The highest BCUT2D eigenvalue weighted by atomic mass is 16.4. The van der Waals surface area contributed by atoms with Crippen molar-refractivity contribution in [3.63, 3.8) is 0 Å². The zero-order chi connectivity index (χ0) is 37.1. The third-order valence-electron chi connectivity index (χ3n) is 9.91. The Morgan fingerprint density at radius 2 is 0.923 bits per heavy atom. The maximum atomic E-state index is 10.9. The first-order chi connectivity index (χ1) is 25.6. The van der Waals surface area contributed by atoms with Gasteiger partial charge >= 0.3 is 0 Å². The van der Waals surface area contributed by atoms with Gasteiger partial charge in [0.2, 0.25) is 11.8 Å². The number of anilines is 2. The molecule has 0 unspecified atom stereocenters. The Kier molecular flexibility index (Phi) is 16.6. The van der Waals surface area contributed by atoms with Crippen molar-refractivity contribution in [3.05, 3.63) is 58.1 Å². The van der Waals surface area contributed by atoms with E-state index in [0.717, 1.165) is 109 Å². The van der Waals surface area contributed by atoms with E-state index in [4.69, 9.17) is 15.3 Å². The normalized spacial score (nSPS) is 10.9. The average Bonchev–Trinajstić information content (AvgIpc) is 3.74. The van der Waals surface area contributed by atoms with Crippen LogP contribution in [0.4, 0.5) is 11.8 Å². The maximum absolute atomic E-state index is 10.9. The molecule has 0 saturated heterocycles. The number of furan rings is 2. The molecule has 274 valence electrons. The van der Waals surface area contributed by atoms with Crippen LogP contribution in [0.2, 0.25) is 0 Å². The number of nitrogens with zero attached hydrogens (tertiary/aromatic N) is 4. The van der Waals surface area contributed by atoms with Crippen LogP contribution < -0.4 is 9.80 Å². The second-order valence-corrected chi connectivity index (χ2v) is 13.9. The predicted octanol–water partition coefficient (Wildman–Crippen LogP) is 12.2. The Balaban J connectivity index is 2.00. The van der Waals surface area contributed by atoms with Crippen LogP contribution in [0.1, 0.15) is 158 Å². The smallest absolute Gasteiger partial charge is 0.214 e. The topological polar surface area (TPSA) is 80.3 Å². The zero-order valence-electron chi connectivity index (χ0n) is 32.2. The van der Waals surface area contributed by atoms with E-state index < -0.39 is 0 Å². The summed E-state index contributed by atoms with van der Waals surface area (Å²) < 4.78 is 13.6. The van der Waals surface area contributed by atoms with Crippen molar-refractivity contribution in [1.82, 2.24) is 0 Å². The fraction of sp³-hybridized carbons (Fsp3) is 0.522. The number of unbranched alkanes of at least 4 members (excludes halogenated alkanes) is 12. The lowest BCUT2D eigenvalue weighted by Gasteiger charge is -2.22. The Labute approximate surface area is 313 Å². The number of hydrogen-bond acceptors (Lipinski definition) is 6. The molecule has 4 rings (SSSR count). The second kappa shape index (κ2) is 21.6. The first kappa shape index (κ1) is 40.0. The van der Waals surface area contributed by atoms with E-state index >= 15 is 0 Å². The van der Waals surface area contributed by atoms with Crippen LogP contribution in [0, 0.1) is 46.8 Å². The molecule has 0 N–H and O–H groups in total. The lowest BCUT2D eigenvalue weighted by Crippen LogP contribution is -2.26. The lowest BCUT2D eigenvalue weighted by molar-refractivity contribution is 0.543. The quantitative estimate of drug-likeness (QED) is 0.0600. The molecular weight excluding hydrogens is 641 g/mol. The molecule has 6 nitrogen and oxygen atoms in total. The average molecular weight is 699 g/mol. The van der Waals surface area contributed by atoms with Crippen molar-refractivity contribution in [2.45, 2.75) is 130 Å². The molecule has 6 heteroatoms. The number of hydrogen-bond donors (Lipinski definition) is 0. The van der Waals surface area contributed by atoms with Gasteiger partial charge in [-0.05, 0) is 37.8 Å². The molecule has 0 aliphatic carbocycles. The van der Waals surface area contributed by atoms with E-state index in [1.807, 2.05) is 30.3 Å². The predicted molar refractivity (Wildman–Crippen MR) is 217 cm³/mol. The van der Waals surface area contributed by atoms with Gasteiger partial charge in [0.05, 0.1) is 21.9 Å². The summed E-state index contributed by atoms with van der Waals surface area (Å²) in [6.45, 7) is 12.0. The summed E-state index contributed by atoms with van der Waals surface area (Å²) in [6, 6.07) is 14.8. The van der Waals surface area contributed by atoms with Crippen LogP contribution in [0.5, 0.6) is 0 Å². The lowest BCUT2D eigenvalue weighted by atomic mass is 9.96. The molecule has 2 aromatic carbocycles. The van der Waals surface area contributed by atoms with Crippen molar-refractivity contribution >= 4 is 33.7 Å². The van der Waals surface area contributed by atoms with Gasteiger partial charge in [0, 0.05) is 31.7 Å². The van der Waals surface area contributed by atoms with Crippen molar-refractivity contribution in [2.24, 2.45) is 0 Å². The molecule has 0 atom stereocenters. The van der Waals surface area contributed by atoms with Crippen molar-refractivity contribution in [2.75, 3.05) is 36.0 Å². The Morgan fingerprint density at radius 3 is 1.31 bits per heavy atom. The van der Waals surface area contributed by atoms with E-state index in [2.05, 4.69) is 67.4 Å². The van der Waals surface area contributed by atoms with Crippen LogP contribution in [0.15, 0.2) is 39.2 Å². The molecule has 4 aromatic rings. The summed E-state index contributed by atoms with van der Waals surface area (Å²) >= 11 is 0. The van der Waals surface area contributed by atoms with Gasteiger partial charge in [-0.2, -0.15) is 10.5 Å². The molecule has 0 fully saturated rings. The van der Waals surface area contributed by atoms with Gasteiger partial charge in [-0.15, -0.1) is 6.42 Å². The maximum Gasteiger partial charge on any atom is 0.214 e. The minimum Gasteiger partial charge on any atom is -0.438 e. The number of benzene rings is 2. The molecular formula is C46H58N4O2. The second-order valence-electron chi connectivity index (χ2n) is 13.9. The minimum atomic E-state index is 0.408. The van der Waals surface area contributed by atoms with Crippen LogP contribution in [-0.2, 0) is 0 Å². The minimum absolute atomic E-state index is 0.408. The summed E-state index contributed by atoms with van der Waals surface area (Å²) in [5, 5.41) is 22.8. The summed E-state index contributed by atoms with van der Waals surface area (Å²) in [5.41, 5.74) is 3.52. The van der Waals surface area contributed by atoms with Gasteiger partial charge in [-0.1, -0.05) is 141 Å². The van der Waals surface area contributed by atoms with Gasteiger partial charge in [0.25, 0.3) is 0 Å². The van der Waals surface area contributed by atoms with E-state index in [1.54, 1.807) is 0 Å². The van der Waals surface area contributed by atoms with Crippen molar-refractivity contribution in [3.8, 4) is 36.3 Å². The highest BCUT2D eigenvalue weighted by Gasteiger charge is 2.31. The van der Waals surface area contributed by atoms with Gasteiger partial charge in [-0.3, -0.25) is 0 Å². The summed E-state index contributed by atoms with van der Waals surface area (Å²) in [7, 11) is 0. The van der Waals surface area contributed by atoms with Crippen LogP contribution in [0.25, 0.3) is 21.9 Å². The van der Waals surface area contributed by atoms with Gasteiger partial charge < -0.3 is 18.6 Å². The number of terminal acetylenes is 1. The number of rotatable bonds is 22. The third-order valence-corrected chi connectivity index (χ3v) is 9.91. The molecule has 2 aromatic heterocycles. The highest BCUT2D eigenvalue weighted by molar-refractivity contribution is 6.12. The van der Waals surface area contributed by atoms with Crippen molar-refractivity contribution in [1.29, 1.82) is 10.5 Å². The monoisotopic (exact) mass is 698 g/mol. The summed E-state index contributed by atoms with van der Waals surface area (Å²) in [4.78, 5) is 4.46.